The molecule has 0 aromatic carbocycles. The maximum Gasteiger partial charge on any atom is 0.341 e. The highest BCUT2D eigenvalue weighted by molar-refractivity contribution is 7.80. The number of nitrogens with zero attached hydrogens (tertiary/aromatic N) is 1. The van der Waals surface area contributed by atoms with Crippen LogP contribution in [0.1, 0.15) is 60.3 Å². The molecule has 0 bridgehead atoms. The van der Waals surface area contributed by atoms with Crippen molar-refractivity contribution in [3.05, 3.63) is 16.0 Å². The molecular weight excluding hydrogens is 368 g/mol. The van der Waals surface area contributed by atoms with Gasteiger partial charge in [-0.3, -0.25) is 0 Å². The van der Waals surface area contributed by atoms with Crippen LogP contribution in [0.15, 0.2) is 0 Å². The first-order valence-corrected chi connectivity index (χ1v) is 10.7. The summed E-state index contributed by atoms with van der Waals surface area (Å²) in [6.07, 6.45) is 7.03. The van der Waals surface area contributed by atoms with Crippen LogP contribution in [0.25, 0.3) is 0 Å². The summed E-state index contributed by atoms with van der Waals surface area (Å²) in [5, 5.41) is 4.85. The van der Waals surface area contributed by atoms with Gasteiger partial charge in [-0.25, -0.2) is 4.79 Å². The van der Waals surface area contributed by atoms with E-state index in [-0.39, 0.29) is 18.2 Å². The Hall–Kier alpha value is -1.18. The van der Waals surface area contributed by atoms with Gasteiger partial charge >= 0.3 is 5.97 Å². The molecule has 2 aliphatic rings. The van der Waals surface area contributed by atoms with Gasteiger partial charge < -0.3 is 19.7 Å². The summed E-state index contributed by atoms with van der Waals surface area (Å²) in [5.74, 6) is -0.267. The first kappa shape index (κ1) is 19.6. The van der Waals surface area contributed by atoms with Crippen LogP contribution in [-0.2, 0) is 22.3 Å². The van der Waals surface area contributed by atoms with Crippen LogP contribution in [0.2, 0.25) is 0 Å². The number of nitrogens with one attached hydrogen (secondary N) is 1. The van der Waals surface area contributed by atoms with Crippen molar-refractivity contribution in [1.82, 2.24) is 4.90 Å². The number of hydrogen-bond donors (Lipinski definition) is 1. The van der Waals surface area contributed by atoms with Crippen LogP contribution in [0.5, 0.6) is 0 Å². The highest BCUT2D eigenvalue weighted by Gasteiger charge is 2.28. The Morgan fingerprint density at radius 3 is 2.50 bits per heavy atom. The number of hydrogen-bond acceptors (Lipinski definition) is 5. The van der Waals surface area contributed by atoms with Gasteiger partial charge in [-0.1, -0.05) is 12.8 Å². The number of rotatable bonds is 2. The van der Waals surface area contributed by atoms with Crippen molar-refractivity contribution in [1.29, 1.82) is 0 Å². The lowest BCUT2D eigenvalue weighted by Gasteiger charge is -2.36. The highest BCUT2D eigenvalue weighted by Crippen LogP contribution is 2.37. The molecule has 2 unspecified atom stereocenters. The second kappa shape index (κ2) is 8.67. The number of esters is 1. The SMILES string of the molecule is COC(=O)c1c(NC(=S)N2CC(C)OC(C)C2)sc2c1CCCCCC2. The van der Waals surface area contributed by atoms with E-state index >= 15 is 0 Å². The maximum absolute atomic E-state index is 12.5. The summed E-state index contributed by atoms with van der Waals surface area (Å²) in [4.78, 5) is 15.9. The highest BCUT2D eigenvalue weighted by atomic mass is 32.1. The molecule has 7 heteroatoms. The standard InChI is InChI=1S/C19H28N2O3S2/c1-12-10-21(11-13(2)24-12)19(25)20-17-16(18(22)23-3)14-8-6-4-5-7-9-15(14)26-17/h12-13H,4-11H2,1-3H3,(H,20,25). The summed E-state index contributed by atoms with van der Waals surface area (Å²) < 4.78 is 10.9. The Morgan fingerprint density at radius 2 is 1.85 bits per heavy atom. The van der Waals surface area contributed by atoms with E-state index in [1.165, 1.54) is 31.2 Å². The average molecular weight is 397 g/mol. The summed E-state index contributed by atoms with van der Waals surface area (Å²) in [6.45, 7) is 5.63. The number of carbonyl (C=O) groups is 1. The fourth-order valence-corrected chi connectivity index (χ4v) is 5.44. The van der Waals surface area contributed by atoms with Crippen LogP contribution in [-0.4, -0.2) is 48.4 Å². The van der Waals surface area contributed by atoms with Gasteiger partial charge in [-0.15, -0.1) is 11.3 Å². The van der Waals surface area contributed by atoms with Crippen LogP contribution in [0.4, 0.5) is 5.00 Å². The molecule has 1 aliphatic heterocycles. The monoisotopic (exact) mass is 396 g/mol. The molecule has 2 heterocycles. The zero-order valence-electron chi connectivity index (χ0n) is 15.8. The van der Waals surface area contributed by atoms with E-state index in [0.29, 0.717) is 10.7 Å². The number of methoxy groups -OCH3 is 1. The van der Waals surface area contributed by atoms with E-state index in [1.807, 2.05) is 0 Å². The predicted molar refractivity (Wildman–Crippen MR) is 109 cm³/mol. The predicted octanol–water partition coefficient (Wildman–Crippen LogP) is 4.00. The Labute approximate surface area is 165 Å². The van der Waals surface area contributed by atoms with Gasteiger partial charge in [0.25, 0.3) is 0 Å². The minimum absolute atomic E-state index is 0.141. The topological polar surface area (TPSA) is 50.8 Å². The number of fused-ring (bicyclic) bond motifs is 1. The number of thiophene rings is 1. The van der Waals surface area contributed by atoms with E-state index in [4.69, 9.17) is 21.7 Å². The summed E-state index contributed by atoms with van der Waals surface area (Å²) >= 11 is 7.32. The van der Waals surface area contributed by atoms with Crippen molar-refractivity contribution in [2.75, 3.05) is 25.5 Å². The third kappa shape index (κ3) is 4.38. The molecule has 1 fully saturated rings. The largest absolute Gasteiger partial charge is 0.465 e. The molecule has 0 spiro atoms. The minimum Gasteiger partial charge on any atom is -0.465 e. The van der Waals surface area contributed by atoms with Crippen LogP contribution in [0.3, 0.4) is 0 Å². The second-order valence-corrected chi connectivity index (χ2v) is 8.70. The third-order valence-corrected chi connectivity index (χ3v) is 6.56. The molecule has 1 saturated heterocycles. The third-order valence-electron chi connectivity index (χ3n) is 4.99. The fourth-order valence-electron chi connectivity index (χ4n) is 3.85. The molecule has 1 aliphatic carbocycles. The molecule has 144 valence electrons. The van der Waals surface area contributed by atoms with Gasteiger partial charge in [0.1, 0.15) is 5.00 Å². The molecule has 2 atom stereocenters. The molecule has 1 aromatic heterocycles. The molecular formula is C19H28N2O3S2. The van der Waals surface area contributed by atoms with E-state index in [2.05, 4.69) is 24.1 Å². The molecule has 1 N–H and O–H groups in total. The Bertz CT molecular complexity index is 664. The van der Waals surface area contributed by atoms with E-state index in [9.17, 15) is 4.79 Å². The number of thiocarbonyl (C=S) groups is 1. The minimum atomic E-state index is -0.267. The Kier molecular flexibility index (Phi) is 6.53. The summed E-state index contributed by atoms with van der Waals surface area (Å²) in [6, 6.07) is 0. The number of aryl methyl sites for hydroxylation is 1. The molecule has 0 amide bonds. The van der Waals surface area contributed by atoms with Crippen molar-refractivity contribution in [3.8, 4) is 0 Å². The summed E-state index contributed by atoms with van der Waals surface area (Å²) in [7, 11) is 1.45. The number of carbonyl (C=O) groups excluding carboxylic acids is 1. The van der Waals surface area contributed by atoms with Gasteiger partial charge in [0.2, 0.25) is 0 Å². The van der Waals surface area contributed by atoms with Gasteiger partial charge in [-0.05, 0) is 57.3 Å². The smallest absolute Gasteiger partial charge is 0.341 e. The summed E-state index contributed by atoms with van der Waals surface area (Å²) in [5.41, 5.74) is 1.85. The zero-order valence-corrected chi connectivity index (χ0v) is 17.4. The maximum atomic E-state index is 12.5. The van der Waals surface area contributed by atoms with Gasteiger partial charge in [-0.2, -0.15) is 0 Å². The molecule has 0 radical (unpaired) electrons. The molecule has 0 saturated carbocycles. The van der Waals surface area contributed by atoms with Crippen LogP contribution < -0.4 is 5.32 Å². The normalized spacial score (nSPS) is 23.6. The van der Waals surface area contributed by atoms with E-state index in [1.54, 1.807) is 11.3 Å². The molecule has 3 rings (SSSR count). The molecule has 26 heavy (non-hydrogen) atoms. The Morgan fingerprint density at radius 1 is 1.19 bits per heavy atom. The van der Waals surface area contributed by atoms with Gasteiger partial charge in [0.05, 0.1) is 24.9 Å². The quantitative estimate of drug-likeness (QED) is 0.602. The van der Waals surface area contributed by atoms with Gasteiger partial charge in [0.15, 0.2) is 5.11 Å². The number of anilines is 1. The molecule has 1 aromatic rings. The van der Waals surface area contributed by atoms with Crippen molar-refractivity contribution in [2.24, 2.45) is 0 Å². The van der Waals surface area contributed by atoms with Crippen LogP contribution in [0, 0.1) is 0 Å². The lowest BCUT2D eigenvalue weighted by atomic mass is 9.96. The van der Waals surface area contributed by atoms with Gasteiger partial charge in [0, 0.05) is 18.0 Å². The lowest BCUT2D eigenvalue weighted by Crippen LogP contribution is -2.49. The number of ether oxygens (including phenoxy) is 2. The first-order chi connectivity index (χ1) is 12.5. The number of morpholine rings is 1. The van der Waals surface area contributed by atoms with Crippen molar-refractivity contribution >= 4 is 39.6 Å². The second-order valence-electron chi connectivity index (χ2n) is 7.21. The van der Waals surface area contributed by atoms with E-state index in [0.717, 1.165) is 42.9 Å². The van der Waals surface area contributed by atoms with Crippen LogP contribution >= 0.6 is 23.6 Å². The average Bonchev–Trinajstić information content (AvgIpc) is 2.89. The van der Waals surface area contributed by atoms with Crippen molar-refractivity contribution in [3.63, 3.8) is 0 Å². The molecule has 5 nitrogen and oxygen atoms in total. The first-order valence-electron chi connectivity index (χ1n) is 9.43. The Balaban J connectivity index is 1.85. The van der Waals surface area contributed by atoms with Crippen molar-refractivity contribution < 1.29 is 14.3 Å². The lowest BCUT2D eigenvalue weighted by molar-refractivity contribution is -0.0473. The zero-order chi connectivity index (χ0) is 18.7. The van der Waals surface area contributed by atoms with Crippen molar-refractivity contribution in [2.45, 2.75) is 64.6 Å². The fraction of sp³-hybridized carbons (Fsp3) is 0.684. The van der Waals surface area contributed by atoms with E-state index < -0.39 is 0 Å².